The first-order chi connectivity index (χ1) is 7.58. The summed E-state index contributed by atoms with van der Waals surface area (Å²) in [5.41, 5.74) is 6.93. The Balaban J connectivity index is 2.49. The highest BCUT2D eigenvalue weighted by Gasteiger charge is 2.13. The van der Waals surface area contributed by atoms with Crippen LogP contribution in [0.1, 0.15) is 15.4 Å². The lowest BCUT2D eigenvalue weighted by atomic mass is 10.2. The van der Waals surface area contributed by atoms with Crippen molar-refractivity contribution in [3.05, 3.63) is 39.3 Å². The first-order valence-corrected chi connectivity index (χ1v) is 6.22. The first kappa shape index (κ1) is 11.3. The third-order valence-electron chi connectivity index (χ3n) is 2.09. The topological polar surface area (TPSA) is 56.0 Å². The molecule has 2 N–H and O–H groups in total. The molecule has 0 saturated heterocycles. The van der Waals surface area contributed by atoms with Gasteiger partial charge in [-0.15, -0.1) is 11.3 Å². The fraction of sp³-hybridized carbons (Fsp3) is 0.0909. The number of hydrogen-bond donors (Lipinski definition) is 1. The van der Waals surface area contributed by atoms with Crippen molar-refractivity contribution in [2.75, 3.05) is 0 Å². The van der Waals surface area contributed by atoms with Crippen molar-refractivity contribution >= 4 is 33.2 Å². The Morgan fingerprint density at radius 1 is 1.50 bits per heavy atom. The number of amides is 1. The summed E-state index contributed by atoms with van der Waals surface area (Å²) >= 11 is 4.72. The summed E-state index contributed by atoms with van der Waals surface area (Å²) in [5, 5.41) is 0.813. The van der Waals surface area contributed by atoms with E-state index in [0.29, 0.717) is 10.6 Å². The van der Waals surface area contributed by atoms with E-state index in [4.69, 9.17) is 5.73 Å². The molecule has 0 unspecified atom stereocenters. The van der Waals surface area contributed by atoms with Gasteiger partial charge in [0.25, 0.3) is 5.91 Å². The van der Waals surface area contributed by atoms with Crippen LogP contribution in [0.15, 0.2) is 28.7 Å². The number of primary amides is 1. The zero-order valence-corrected chi connectivity index (χ0v) is 10.9. The predicted molar refractivity (Wildman–Crippen MR) is 68.5 cm³/mol. The molecular formula is C11H9BrN2OS. The van der Waals surface area contributed by atoms with Crippen LogP contribution in [0.3, 0.4) is 0 Å². The van der Waals surface area contributed by atoms with Crippen LogP contribution in [0.5, 0.6) is 0 Å². The van der Waals surface area contributed by atoms with Gasteiger partial charge in [-0.1, -0.05) is 28.1 Å². The van der Waals surface area contributed by atoms with Crippen molar-refractivity contribution < 1.29 is 4.79 Å². The van der Waals surface area contributed by atoms with E-state index >= 15 is 0 Å². The molecule has 1 aromatic heterocycles. The number of nitrogens with zero attached hydrogens (tertiary/aromatic N) is 1. The lowest BCUT2D eigenvalue weighted by molar-refractivity contribution is 0.100. The number of carbonyl (C=O) groups excluding carboxylic acids is 1. The van der Waals surface area contributed by atoms with Gasteiger partial charge in [-0.3, -0.25) is 4.79 Å². The minimum Gasteiger partial charge on any atom is -0.365 e. The van der Waals surface area contributed by atoms with Crippen LogP contribution in [0, 0.1) is 6.92 Å². The summed E-state index contributed by atoms with van der Waals surface area (Å²) in [5.74, 6) is -0.420. The number of carbonyl (C=O) groups is 1. The molecule has 0 aliphatic rings. The molecular weight excluding hydrogens is 288 g/mol. The maximum Gasteiger partial charge on any atom is 0.260 e. The Kier molecular flexibility index (Phi) is 3.07. The predicted octanol–water partition coefficient (Wildman–Crippen LogP) is 2.98. The van der Waals surface area contributed by atoms with E-state index in [9.17, 15) is 4.79 Å². The van der Waals surface area contributed by atoms with Gasteiger partial charge in [-0.25, -0.2) is 4.98 Å². The van der Waals surface area contributed by atoms with E-state index in [1.165, 1.54) is 11.3 Å². The normalized spacial score (nSPS) is 10.4. The Hall–Kier alpha value is -1.20. The highest BCUT2D eigenvalue weighted by atomic mass is 79.9. The Morgan fingerprint density at radius 2 is 2.25 bits per heavy atom. The van der Waals surface area contributed by atoms with Crippen LogP contribution in [-0.2, 0) is 0 Å². The molecule has 0 bridgehead atoms. The number of hydrogen-bond acceptors (Lipinski definition) is 3. The van der Waals surface area contributed by atoms with Gasteiger partial charge in [-0.2, -0.15) is 0 Å². The van der Waals surface area contributed by atoms with Crippen molar-refractivity contribution in [3.63, 3.8) is 0 Å². The highest BCUT2D eigenvalue weighted by Crippen LogP contribution is 2.29. The van der Waals surface area contributed by atoms with E-state index in [1.54, 1.807) is 6.92 Å². The van der Waals surface area contributed by atoms with E-state index in [2.05, 4.69) is 20.9 Å². The van der Waals surface area contributed by atoms with Gasteiger partial charge < -0.3 is 5.73 Å². The van der Waals surface area contributed by atoms with Crippen molar-refractivity contribution in [3.8, 4) is 10.6 Å². The molecule has 2 rings (SSSR count). The molecule has 0 aliphatic heterocycles. The van der Waals surface area contributed by atoms with Gasteiger partial charge >= 0.3 is 0 Å². The summed E-state index contributed by atoms with van der Waals surface area (Å²) in [6.45, 7) is 1.79. The minimum atomic E-state index is -0.420. The Labute approximate surface area is 105 Å². The van der Waals surface area contributed by atoms with Crippen LogP contribution < -0.4 is 5.73 Å². The summed E-state index contributed by atoms with van der Waals surface area (Å²) < 4.78 is 0.985. The molecule has 82 valence electrons. The number of rotatable bonds is 2. The molecule has 0 atom stereocenters. The lowest BCUT2D eigenvalue weighted by Gasteiger charge is -1.95. The van der Waals surface area contributed by atoms with Crippen LogP contribution in [0.4, 0.5) is 0 Å². The van der Waals surface area contributed by atoms with Crippen molar-refractivity contribution in [2.24, 2.45) is 5.73 Å². The molecule has 0 radical (unpaired) electrons. The van der Waals surface area contributed by atoms with Crippen molar-refractivity contribution in [1.29, 1.82) is 0 Å². The van der Waals surface area contributed by atoms with Crippen molar-refractivity contribution in [1.82, 2.24) is 4.98 Å². The quantitative estimate of drug-likeness (QED) is 0.926. The zero-order valence-electron chi connectivity index (χ0n) is 8.53. The van der Waals surface area contributed by atoms with Gasteiger partial charge in [-0.05, 0) is 19.1 Å². The monoisotopic (exact) mass is 296 g/mol. The lowest BCUT2D eigenvalue weighted by Crippen LogP contribution is -2.09. The first-order valence-electron chi connectivity index (χ1n) is 4.61. The molecule has 2 aromatic rings. The Morgan fingerprint density at radius 3 is 2.81 bits per heavy atom. The average molecular weight is 297 g/mol. The molecule has 0 aliphatic carbocycles. The molecule has 3 nitrogen and oxygen atoms in total. The molecule has 16 heavy (non-hydrogen) atoms. The third kappa shape index (κ3) is 2.15. The SMILES string of the molecule is Cc1nc(-c2cccc(Br)c2)sc1C(N)=O. The standard InChI is InChI=1S/C11H9BrN2OS/c1-6-9(10(13)15)16-11(14-6)7-3-2-4-8(12)5-7/h2-5H,1H3,(H2,13,15). The smallest absolute Gasteiger partial charge is 0.260 e. The summed E-state index contributed by atoms with van der Waals surface area (Å²) in [4.78, 5) is 16.0. The second-order valence-corrected chi connectivity index (χ2v) is 5.22. The van der Waals surface area contributed by atoms with Gasteiger partial charge in [0.1, 0.15) is 9.88 Å². The van der Waals surface area contributed by atoms with Gasteiger partial charge in [0, 0.05) is 10.0 Å². The van der Waals surface area contributed by atoms with Crippen LogP contribution >= 0.6 is 27.3 Å². The van der Waals surface area contributed by atoms with Gasteiger partial charge in [0.05, 0.1) is 5.69 Å². The second kappa shape index (κ2) is 4.35. The fourth-order valence-corrected chi connectivity index (χ4v) is 2.68. The maximum absolute atomic E-state index is 11.1. The number of aryl methyl sites for hydroxylation is 1. The maximum atomic E-state index is 11.1. The molecule has 1 aromatic carbocycles. The largest absolute Gasteiger partial charge is 0.365 e. The number of benzene rings is 1. The van der Waals surface area contributed by atoms with Gasteiger partial charge in [0.2, 0.25) is 0 Å². The minimum absolute atomic E-state index is 0.420. The average Bonchev–Trinajstić information content (AvgIpc) is 2.60. The number of halogens is 1. The molecule has 0 saturated carbocycles. The number of aromatic nitrogens is 1. The third-order valence-corrected chi connectivity index (χ3v) is 3.81. The molecule has 0 spiro atoms. The molecule has 0 fully saturated rings. The molecule has 1 amide bonds. The van der Waals surface area contributed by atoms with Crippen LogP contribution in [0.25, 0.3) is 10.6 Å². The number of nitrogens with two attached hydrogens (primary N) is 1. The second-order valence-electron chi connectivity index (χ2n) is 3.31. The number of thiazole rings is 1. The fourth-order valence-electron chi connectivity index (χ4n) is 1.37. The van der Waals surface area contributed by atoms with E-state index in [1.807, 2.05) is 24.3 Å². The zero-order chi connectivity index (χ0) is 11.7. The van der Waals surface area contributed by atoms with E-state index < -0.39 is 5.91 Å². The summed E-state index contributed by atoms with van der Waals surface area (Å²) in [6.07, 6.45) is 0. The van der Waals surface area contributed by atoms with E-state index in [-0.39, 0.29) is 0 Å². The van der Waals surface area contributed by atoms with Crippen LogP contribution in [0.2, 0.25) is 0 Å². The van der Waals surface area contributed by atoms with E-state index in [0.717, 1.165) is 15.0 Å². The van der Waals surface area contributed by atoms with Gasteiger partial charge in [0.15, 0.2) is 0 Å². The molecule has 1 heterocycles. The van der Waals surface area contributed by atoms with Crippen LogP contribution in [-0.4, -0.2) is 10.9 Å². The summed E-state index contributed by atoms with van der Waals surface area (Å²) in [6, 6.07) is 7.79. The molecule has 5 heteroatoms. The summed E-state index contributed by atoms with van der Waals surface area (Å²) in [7, 11) is 0. The Bertz CT molecular complexity index is 551. The van der Waals surface area contributed by atoms with Crippen molar-refractivity contribution in [2.45, 2.75) is 6.92 Å². The highest BCUT2D eigenvalue weighted by molar-refractivity contribution is 9.10.